The van der Waals surface area contributed by atoms with Crippen molar-refractivity contribution in [1.29, 1.82) is 0 Å². The quantitative estimate of drug-likeness (QED) is 0.863. The lowest BCUT2D eigenvalue weighted by atomic mass is 10.1. The molecule has 0 spiro atoms. The van der Waals surface area contributed by atoms with Crippen molar-refractivity contribution in [3.63, 3.8) is 0 Å². The van der Waals surface area contributed by atoms with E-state index in [1.165, 1.54) is 16.7 Å². The van der Waals surface area contributed by atoms with Gasteiger partial charge in [-0.3, -0.25) is 4.90 Å². The first-order chi connectivity index (χ1) is 9.20. The zero-order valence-electron chi connectivity index (χ0n) is 11.9. The molecule has 19 heavy (non-hydrogen) atoms. The van der Waals surface area contributed by atoms with Crippen LogP contribution in [0.3, 0.4) is 0 Å². The third-order valence-corrected chi connectivity index (χ3v) is 3.32. The van der Waals surface area contributed by atoms with Crippen molar-refractivity contribution in [3.8, 4) is 0 Å². The number of benzene rings is 1. The van der Waals surface area contributed by atoms with Gasteiger partial charge in [0.15, 0.2) is 0 Å². The average molecular weight is 258 g/mol. The van der Waals surface area contributed by atoms with Crippen LogP contribution in [0.2, 0.25) is 0 Å². The first-order valence-corrected chi connectivity index (χ1v) is 6.63. The second-order valence-corrected chi connectivity index (χ2v) is 5.00. The predicted molar refractivity (Wildman–Crippen MR) is 77.8 cm³/mol. The molecule has 3 nitrogen and oxygen atoms in total. The molecular weight excluding hydrogens is 236 g/mol. The van der Waals surface area contributed by atoms with Crippen LogP contribution in [-0.4, -0.2) is 19.0 Å². The molecule has 0 radical (unpaired) electrons. The Morgan fingerprint density at radius 2 is 1.84 bits per heavy atom. The van der Waals surface area contributed by atoms with Gasteiger partial charge in [-0.25, -0.2) is 0 Å². The molecule has 1 N–H and O–H groups in total. The lowest BCUT2D eigenvalue weighted by Crippen LogP contribution is -2.19. The Morgan fingerprint density at radius 3 is 2.58 bits per heavy atom. The van der Waals surface area contributed by atoms with Crippen LogP contribution < -0.4 is 5.32 Å². The summed E-state index contributed by atoms with van der Waals surface area (Å²) in [5.74, 6) is 1.03. The van der Waals surface area contributed by atoms with Gasteiger partial charge in [0, 0.05) is 18.7 Å². The van der Waals surface area contributed by atoms with Gasteiger partial charge >= 0.3 is 0 Å². The smallest absolute Gasteiger partial charge is 0.122 e. The highest BCUT2D eigenvalue weighted by Gasteiger charge is 2.09. The van der Waals surface area contributed by atoms with Crippen molar-refractivity contribution in [2.75, 3.05) is 14.1 Å². The second-order valence-electron chi connectivity index (χ2n) is 5.00. The first-order valence-electron chi connectivity index (χ1n) is 6.63. The average Bonchev–Trinajstić information content (AvgIpc) is 2.80. The van der Waals surface area contributed by atoms with E-state index in [0.29, 0.717) is 0 Å². The molecule has 1 heterocycles. The minimum absolute atomic E-state index is 0.778. The van der Waals surface area contributed by atoms with Gasteiger partial charge in [-0.05, 0) is 38.2 Å². The van der Waals surface area contributed by atoms with Gasteiger partial charge in [-0.1, -0.05) is 24.3 Å². The Morgan fingerprint density at radius 1 is 1.11 bits per heavy atom. The summed E-state index contributed by atoms with van der Waals surface area (Å²) in [5.41, 5.74) is 3.98. The third-order valence-electron chi connectivity index (χ3n) is 3.32. The summed E-state index contributed by atoms with van der Waals surface area (Å²) < 4.78 is 5.49. The Labute approximate surface area is 115 Å². The lowest BCUT2D eigenvalue weighted by Gasteiger charge is -2.18. The van der Waals surface area contributed by atoms with Gasteiger partial charge in [0.2, 0.25) is 0 Å². The molecule has 0 unspecified atom stereocenters. The minimum atomic E-state index is 0.778. The number of hydrogen-bond donors (Lipinski definition) is 1. The molecule has 1 aromatic carbocycles. The summed E-state index contributed by atoms with van der Waals surface area (Å²) in [4.78, 5) is 2.31. The predicted octanol–water partition coefficient (Wildman–Crippen LogP) is 2.94. The summed E-state index contributed by atoms with van der Waals surface area (Å²) in [6, 6.07) is 10.6. The molecule has 0 aliphatic heterocycles. The van der Waals surface area contributed by atoms with Crippen LogP contribution in [0.15, 0.2) is 41.0 Å². The fourth-order valence-electron chi connectivity index (χ4n) is 2.25. The van der Waals surface area contributed by atoms with Crippen LogP contribution in [-0.2, 0) is 19.6 Å². The zero-order valence-corrected chi connectivity index (χ0v) is 11.9. The number of hydrogen-bond acceptors (Lipinski definition) is 3. The molecule has 0 amide bonds. The molecule has 0 saturated carbocycles. The molecule has 2 rings (SSSR count). The molecule has 0 bridgehead atoms. The van der Waals surface area contributed by atoms with E-state index in [2.05, 4.69) is 54.5 Å². The van der Waals surface area contributed by atoms with E-state index in [0.717, 1.165) is 25.4 Å². The number of furan rings is 1. The molecule has 2 aromatic rings. The fraction of sp³-hybridized carbons (Fsp3) is 0.375. The van der Waals surface area contributed by atoms with Crippen molar-refractivity contribution >= 4 is 0 Å². The maximum atomic E-state index is 5.49. The maximum absolute atomic E-state index is 5.49. The molecule has 102 valence electrons. The summed E-state index contributed by atoms with van der Waals surface area (Å²) in [6.45, 7) is 4.80. The first kappa shape index (κ1) is 13.8. The number of aryl methyl sites for hydroxylation is 1. The van der Waals surface area contributed by atoms with E-state index in [1.807, 2.05) is 7.05 Å². The highest BCUT2D eigenvalue weighted by Crippen LogP contribution is 2.15. The van der Waals surface area contributed by atoms with Crippen molar-refractivity contribution in [2.24, 2.45) is 0 Å². The molecule has 0 aliphatic carbocycles. The molecule has 3 heteroatoms. The molecule has 0 aliphatic rings. The van der Waals surface area contributed by atoms with Crippen LogP contribution >= 0.6 is 0 Å². The van der Waals surface area contributed by atoms with Crippen molar-refractivity contribution in [2.45, 2.75) is 26.6 Å². The van der Waals surface area contributed by atoms with Crippen molar-refractivity contribution in [3.05, 3.63) is 59.0 Å². The minimum Gasteiger partial charge on any atom is -0.468 e. The second kappa shape index (κ2) is 6.55. The summed E-state index contributed by atoms with van der Waals surface area (Å²) in [7, 11) is 4.08. The Balaban J connectivity index is 1.99. The van der Waals surface area contributed by atoms with E-state index < -0.39 is 0 Å². The molecule has 0 saturated heterocycles. The van der Waals surface area contributed by atoms with Crippen LogP contribution in [0, 0.1) is 6.92 Å². The highest BCUT2D eigenvalue weighted by molar-refractivity contribution is 5.25. The van der Waals surface area contributed by atoms with Crippen LogP contribution in [0.4, 0.5) is 0 Å². The Kier molecular flexibility index (Phi) is 4.77. The van der Waals surface area contributed by atoms with E-state index in [4.69, 9.17) is 4.42 Å². The van der Waals surface area contributed by atoms with Crippen molar-refractivity contribution < 1.29 is 4.42 Å². The zero-order chi connectivity index (χ0) is 13.7. The third kappa shape index (κ3) is 3.69. The van der Waals surface area contributed by atoms with Gasteiger partial charge in [-0.2, -0.15) is 0 Å². The summed E-state index contributed by atoms with van der Waals surface area (Å²) in [6.07, 6.45) is 1.77. The Hall–Kier alpha value is -1.58. The van der Waals surface area contributed by atoms with E-state index in [9.17, 15) is 0 Å². The van der Waals surface area contributed by atoms with Crippen LogP contribution in [0.25, 0.3) is 0 Å². The lowest BCUT2D eigenvalue weighted by molar-refractivity contribution is 0.314. The largest absolute Gasteiger partial charge is 0.468 e. The van der Waals surface area contributed by atoms with Gasteiger partial charge in [0.1, 0.15) is 5.76 Å². The van der Waals surface area contributed by atoms with Crippen LogP contribution in [0.1, 0.15) is 22.5 Å². The molecule has 0 fully saturated rings. The van der Waals surface area contributed by atoms with Crippen molar-refractivity contribution in [1.82, 2.24) is 10.2 Å². The van der Waals surface area contributed by atoms with E-state index >= 15 is 0 Å². The topological polar surface area (TPSA) is 28.4 Å². The summed E-state index contributed by atoms with van der Waals surface area (Å²) >= 11 is 0. The molecule has 0 atom stereocenters. The number of nitrogens with zero attached hydrogens (tertiary/aromatic N) is 1. The normalized spacial score (nSPS) is 11.2. The number of nitrogens with one attached hydrogen (secondary N) is 1. The van der Waals surface area contributed by atoms with Gasteiger partial charge < -0.3 is 9.73 Å². The molecule has 1 aromatic heterocycles. The monoisotopic (exact) mass is 258 g/mol. The number of rotatable bonds is 6. The highest BCUT2D eigenvalue weighted by atomic mass is 16.3. The van der Waals surface area contributed by atoms with Gasteiger partial charge in [-0.15, -0.1) is 0 Å². The van der Waals surface area contributed by atoms with E-state index in [1.54, 1.807) is 6.26 Å². The van der Waals surface area contributed by atoms with Crippen LogP contribution in [0.5, 0.6) is 0 Å². The van der Waals surface area contributed by atoms with E-state index in [-0.39, 0.29) is 0 Å². The standard InChI is InChI=1S/C16H22N2O/c1-13-6-4-5-7-14(13)11-18(3)12-15-8-9-19-16(15)10-17-2/h4-9,17H,10-12H2,1-3H3. The summed E-state index contributed by atoms with van der Waals surface area (Å²) in [5, 5.41) is 3.13. The Bertz CT molecular complexity index is 519. The van der Waals surface area contributed by atoms with Gasteiger partial charge in [0.25, 0.3) is 0 Å². The maximum Gasteiger partial charge on any atom is 0.122 e. The molecular formula is C16H22N2O. The fourth-order valence-corrected chi connectivity index (χ4v) is 2.25. The van der Waals surface area contributed by atoms with Gasteiger partial charge in [0.05, 0.1) is 12.8 Å². The SMILES string of the molecule is CNCc1occc1CN(C)Cc1ccccc1C.